The fourth-order valence-electron chi connectivity index (χ4n) is 8.03. The lowest BCUT2D eigenvalue weighted by molar-refractivity contribution is -0.223. The molecule has 1 amide bonds. The van der Waals surface area contributed by atoms with Crippen molar-refractivity contribution < 1.29 is 43.5 Å². The minimum absolute atomic E-state index is 0.0975. The average Bonchev–Trinajstić information content (AvgIpc) is 3.15. The number of fused-ring (bicyclic) bond motifs is 2. The highest BCUT2D eigenvalue weighted by atomic mass is 32.2. The van der Waals surface area contributed by atoms with E-state index in [-0.39, 0.29) is 42.1 Å². The molecule has 2 aromatic rings. The third-order valence-corrected chi connectivity index (χ3v) is 11.4. The Morgan fingerprint density at radius 3 is 2.52 bits per heavy atom. The summed E-state index contributed by atoms with van der Waals surface area (Å²) in [6.45, 7) is 9.04. The lowest BCUT2D eigenvalue weighted by atomic mass is 9.56. The Hall–Kier alpha value is -3.71. The second-order valence-electron chi connectivity index (χ2n) is 13.2. The van der Waals surface area contributed by atoms with Crippen LogP contribution in [0.5, 0.6) is 23.0 Å². The molecular formula is C40H54N2O9S. The van der Waals surface area contributed by atoms with Gasteiger partial charge in [0.05, 0.1) is 43.4 Å². The van der Waals surface area contributed by atoms with Gasteiger partial charge in [-0.1, -0.05) is 37.1 Å². The number of methoxy groups -OCH3 is 2. The van der Waals surface area contributed by atoms with Crippen LogP contribution in [0.15, 0.2) is 65.9 Å². The van der Waals surface area contributed by atoms with Gasteiger partial charge in [0.2, 0.25) is 5.79 Å². The number of aliphatic hydroxyl groups is 2. The molecule has 5 rings (SSSR count). The van der Waals surface area contributed by atoms with E-state index in [4.69, 9.17) is 33.7 Å². The molecule has 12 heteroatoms. The Labute approximate surface area is 311 Å². The van der Waals surface area contributed by atoms with E-state index in [0.29, 0.717) is 61.2 Å². The van der Waals surface area contributed by atoms with Crippen LogP contribution in [0.3, 0.4) is 0 Å². The van der Waals surface area contributed by atoms with Gasteiger partial charge < -0.3 is 38.7 Å². The number of hydrogen-bond acceptors (Lipinski definition) is 11. The molecule has 3 N–H and O–H groups in total. The zero-order chi connectivity index (χ0) is 37.1. The van der Waals surface area contributed by atoms with Gasteiger partial charge in [-0.3, -0.25) is 5.32 Å². The van der Waals surface area contributed by atoms with E-state index < -0.39 is 11.9 Å². The SMILES string of the molecule is C=CCO[C@@]12Oc3ccc(OC(=O)Nc4ccc(OC)cc4OC)cc3[C@H]3[C@H](CCCCO)[C@@H](CCCCO)C=C(C(=NOCC)C[C@@H]1SCC)[C@H]32. The largest absolute Gasteiger partial charge is 0.497 e. The molecule has 3 aliphatic rings. The summed E-state index contributed by atoms with van der Waals surface area (Å²) in [5.41, 5.74) is 3.33. The van der Waals surface area contributed by atoms with Gasteiger partial charge in [0, 0.05) is 37.2 Å². The maximum absolute atomic E-state index is 13.3. The van der Waals surface area contributed by atoms with Crippen LogP contribution in [0.25, 0.3) is 0 Å². The predicted octanol–water partition coefficient (Wildman–Crippen LogP) is 7.72. The molecule has 2 aliphatic carbocycles. The van der Waals surface area contributed by atoms with Crippen LogP contribution in [0, 0.1) is 17.8 Å². The van der Waals surface area contributed by atoms with Crippen molar-refractivity contribution in [3.05, 3.63) is 66.3 Å². The molecule has 52 heavy (non-hydrogen) atoms. The molecule has 0 aromatic heterocycles. The fourth-order valence-corrected chi connectivity index (χ4v) is 9.20. The lowest BCUT2D eigenvalue weighted by Gasteiger charge is -2.58. The first-order valence-corrected chi connectivity index (χ1v) is 19.5. The third kappa shape index (κ3) is 8.56. The summed E-state index contributed by atoms with van der Waals surface area (Å²) in [4.78, 5) is 19.0. The number of oxime groups is 1. The molecule has 0 saturated heterocycles. The first-order chi connectivity index (χ1) is 25.4. The van der Waals surface area contributed by atoms with Crippen LogP contribution in [0.1, 0.15) is 70.3 Å². The van der Waals surface area contributed by atoms with Crippen molar-refractivity contribution in [2.75, 3.05) is 51.7 Å². The van der Waals surface area contributed by atoms with Crippen molar-refractivity contribution in [2.45, 2.75) is 75.7 Å². The molecule has 0 bridgehead atoms. The summed E-state index contributed by atoms with van der Waals surface area (Å²) in [5, 5.41) is 26.9. The number of nitrogens with zero attached hydrogens (tertiary/aromatic N) is 1. The Morgan fingerprint density at radius 1 is 1.06 bits per heavy atom. The summed E-state index contributed by atoms with van der Waals surface area (Å²) in [6, 6.07) is 10.7. The van der Waals surface area contributed by atoms with Gasteiger partial charge >= 0.3 is 6.09 Å². The second kappa shape index (κ2) is 18.9. The van der Waals surface area contributed by atoms with Crippen molar-refractivity contribution >= 4 is 29.3 Å². The summed E-state index contributed by atoms with van der Waals surface area (Å²) >= 11 is 1.79. The monoisotopic (exact) mass is 738 g/mol. The molecule has 1 heterocycles. The van der Waals surface area contributed by atoms with Crippen LogP contribution in [0.2, 0.25) is 0 Å². The number of carbonyl (C=O) groups excluding carboxylic acids is 1. The van der Waals surface area contributed by atoms with E-state index in [2.05, 4.69) is 24.9 Å². The Balaban J connectivity index is 1.62. The number of nitrogens with one attached hydrogen (secondary N) is 1. The van der Waals surface area contributed by atoms with E-state index in [1.54, 1.807) is 49.2 Å². The molecule has 2 aromatic carbocycles. The number of carbonyl (C=O) groups is 1. The van der Waals surface area contributed by atoms with Gasteiger partial charge in [0.15, 0.2) is 0 Å². The highest BCUT2D eigenvalue weighted by Gasteiger charge is 2.63. The maximum Gasteiger partial charge on any atom is 0.417 e. The summed E-state index contributed by atoms with van der Waals surface area (Å²) in [6.07, 6.45) is 8.92. The van der Waals surface area contributed by atoms with Crippen LogP contribution in [-0.2, 0) is 9.57 Å². The Kier molecular flexibility index (Phi) is 14.3. The molecule has 1 aliphatic heterocycles. The van der Waals surface area contributed by atoms with Gasteiger partial charge in [-0.2, -0.15) is 11.8 Å². The first kappa shape index (κ1) is 39.5. The second-order valence-corrected chi connectivity index (χ2v) is 14.7. The number of hydrogen-bond donors (Lipinski definition) is 3. The number of benzene rings is 2. The van der Waals surface area contributed by atoms with E-state index in [1.165, 1.54) is 7.11 Å². The van der Waals surface area contributed by atoms with E-state index in [9.17, 15) is 15.0 Å². The highest BCUT2D eigenvalue weighted by Crippen LogP contribution is 2.62. The van der Waals surface area contributed by atoms with Gasteiger partial charge in [-0.15, -0.1) is 6.58 Å². The minimum Gasteiger partial charge on any atom is -0.497 e. The number of thioether (sulfide) groups is 1. The summed E-state index contributed by atoms with van der Waals surface area (Å²) in [7, 11) is 3.09. The van der Waals surface area contributed by atoms with E-state index in [0.717, 1.165) is 48.3 Å². The molecule has 1 saturated carbocycles. The number of ether oxygens (including phenoxy) is 5. The van der Waals surface area contributed by atoms with Gasteiger partial charge in [-0.05, 0) is 86.1 Å². The summed E-state index contributed by atoms with van der Waals surface area (Å²) < 4.78 is 30.6. The lowest BCUT2D eigenvalue weighted by Crippen LogP contribution is -2.64. The molecule has 1 fully saturated rings. The number of unbranched alkanes of at least 4 members (excludes halogenated alkanes) is 2. The molecule has 0 spiro atoms. The third-order valence-electron chi connectivity index (χ3n) is 10.1. The number of allylic oxidation sites excluding steroid dienone is 1. The average molecular weight is 739 g/mol. The van der Waals surface area contributed by atoms with Crippen molar-refractivity contribution in [1.29, 1.82) is 0 Å². The minimum atomic E-state index is -1.03. The Morgan fingerprint density at radius 2 is 1.83 bits per heavy atom. The molecule has 0 unspecified atom stereocenters. The first-order valence-electron chi connectivity index (χ1n) is 18.4. The predicted molar refractivity (Wildman–Crippen MR) is 204 cm³/mol. The smallest absolute Gasteiger partial charge is 0.417 e. The van der Waals surface area contributed by atoms with Crippen LogP contribution in [-0.4, -0.2) is 79.5 Å². The zero-order valence-corrected chi connectivity index (χ0v) is 31.6. The summed E-state index contributed by atoms with van der Waals surface area (Å²) in [5.74, 6) is 1.84. The fraction of sp³-hybridized carbons (Fsp3) is 0.550. The van der Waals surface area contributed by atoms with Gasteiger partial charge in [0.25, 0.3) is 0 Å². The number of aliphatic hydroxyl groups excluding tert-OH is 2. The van der Waals surface area contributed by atoms with Crippen LogP contribution >= 0.6 is 11.8 Å². The normalized spacial score (nSPS) is 25.2. The highest BCUT2D eigenvalue weighted by molar-refractivity contribution is 8.00. The molecular weight excluding hydrogens is 685 g/mol. The number of amides is 1. The van der Waals surface area contributed by atoms with Crippen molar-refractivity contribution in [3.63, 3.8) is 0 Å². The van der Waals surface area contributed by atoms with Crippen molar-refractivity contribution in [2.24, 2.45) is 22.9 Å². The molecule has 0 radical (unpaired) electrons. The van der Waals surface area contributed by atoms with Crippen molar-refractivity contribution in [1.82, 2.24) is 0 Å². The van der Waals surface area contributed by atoms with E-state index in [1.807, 2.05) is 19.1 Å². The van der Waals surface area contributed by atoms with Crippen molar-refractivity contribution in [3.8, 4) is 23.0 Å². The van der Waals surface area contributed by atoms with Crippen LogP contribution in [0.4, 0.5) is 10.5 Å². The van der Waals surface area contributed by atoms with Gasteiger partial charge in [0.1, 0.15) is 29.6 Å². The molecule has 11 nitrogen and oxygen atoms in total. The standard InChI is InChI=1S/C40H54N2O9S/c1-6-21-48-40-36(52-8-3)25-33(42-49-7-2)30-22-26(13-9-11-19-43)29(14-10-12-20-44)37(38(30)40)31-23-28(16-18-34(31)51-40)50-39(45)41-32-17-15-27(46-4)24-35(32)47-5/h6,15-18,22-24,26,29,36-38,43-44H,1,7-14,19-21,25H2,2-5H3,(H,41,45)/t26-,29+,36-,37+,38+,40+/m0/s1. The van der Waals surface area contributed by atoms with Gasteiger partial charge in [-0.25, -0.2) is 4.79 Å². The zero-order valence-electron chi connectivity index (χ0n) is 30.8. The topological polar surface area (TPSA) is 137 Å². The number of anilines is 1. The van der Waals surface area contributed by atoms with E-state index >= 15 is 0 Å². The van der Waals surface area contributed by atoms with Crippen LogP contribution < -0.4 is 24.3 Å². The quantitative estimate of drug-likeness (QED) is 0.0747. The number of rotatable bonds is 19. The Bertz CT molecular complexity index is 1580. The molecule has 6 atom stereocenters. The molecule has 284 valence electrons. The maximum atomic E-state index is 13.3.